The van der Waals surface area contributed by atoms with E-state index in [9.17, 15) is 9.59 Å². The minimum absolute atomic E-state index is 0.0900. The molecule has 174 valence electrons. The second-order valence-electron chi connectivity index (χ2n) is 8.87. The normalized spacial score (nSPS) is 20.5. The Hall–Kier alpha value is -2.73. The van der Waals surface area contributed by atoms with Gasteiger partial charge in [0.15, 0.2) is 0 Å². The minimum atomic E-state index is -0.463. The molecule has 0 bridgehead atoms. The van der Waals surface area contributed by atoms with Gasteiger partial charge >= 0.3 is 0 Å². The van der Waals surface area contributed by atoms with E-state index in [1.165, 1.54) is 4.88 Å². The molecule has 7 nitrogen and oxygen atoms in total. The van der Waals surface area contributed by atoms with Crippen LogP contribution in [0.4, 0.5) is 0 Å². The van der Waals surface area contributed by atoms with Crippen molar-refractivity contribution in [1.82, 2.24) is 15.1 Å². The van der Waals surface area contributed by atoms with Crippen LogP contribution in [0.1, 0.15) is 41.7 Å². The average Bonchev–Trinajstić information content (AvgIpc) is 3.58. The van der Waals surface area contributed by atoms with E-state index in [-0.39, 0.29) is 23.8 Å². The summed E-state index contributed by atoms with van der Waals surface area (Å²) in [7, 11) is 0. The van der Waals surface area contributed by atoms with E-state index in [4.69, 9.17) is 11.0 Å². The number of likely N-dealkylation sites (tertiary alicyclic amines) is 1. The Morgan fingerprint density at radius 1 is 1.18 bits per heavy atom. The molecule has 0 spiro atoms. The highest BCUT2D eigenvalue weighted by atomic mass is 32.1. The number of nitrogens with zero attached hydrogens (tertiary/aromatic N) is 3. The molecule has 2 atom stereocenters. The van der Waals surface area contributed by atoms with E-state index in [2.05, 4.69) is 33.8 Å². The number of hydrogen-bond donors (Lipinski definition) is 2. The molecule has 4 rings (SSSR count). The summed E-state index contributed by atoms with van der Waals surface area (Å²) < 4.78 is 0. The van der Waals surface area contributed by atoms with Gasteiger partial charge in [-0.2, -0.15) is 5.26 Å². The van der Waals surface area contributed by atoms with Gasteiger partial charge in [-0.3, -0.25) is 14.5 Å². The Labute approximate surface area is 199 Å². The third-order valence-electron chi connectivity index (χ3n) is 6.45. The van der Waals surface area contributed by atoms with Gasteiger partial charge in [-0.1, -0.05) is 18.2 Å². The number of carbonyl (C=O) groups is 2. The molecule has 1 saturated carbocycles. The number of rotatable bonds is 9. The molecule has 1 aliphatic heterocycles. The first-order valence-corrected chi connectivity index (χ1v) is 12.5. The molecule has 2 fully saturated rings. The van der Waals surface area contributed by atoms with Crippen molar-refractivity contribution in [1.29, 1.82) is 5.26 Å². The zero-order valence-electron chi connectivity index (χ0n) is 18.8. The summed E-state index contributed by atoms with van der Waals surface area (Å²) in [5.41, 5.74) is 7.37. The lowest BCUT2D eigenvalue weighted by atomic mass is 9.93. The number of hydrogen-bond acceptors (Lipinski definition) is 6. The summed E-state index contributed by atoms with van der Waals surface area (Å²) in [6, 6.07) is 13.7. The van der Waals surface area contributed by atoms with Crippen LogP contribution < -0.4 is 11.1 Å². The number of nitriles is 1. The first kappa shape index (κ1) is 23.4. The Kier molecular flexibility index (Phi) is 7.76. The monoisotopic (exact) mass is 465 g/mol. The van der Waals surface area contributed by atoms with Gasteiger partial charge < -0.3 is 16.0 Å². The van der Waals surface area contributed by atoms with E-state index < -0.39 is 6.04 Å². The van der Waals surface area contributed by atoms with E-state index in [1.807, 2.05) is 29.2 Å². The lowest BCUT2D eigenvalue weighted by Gasteiger charge is -2.43. The second kappa shape index (κ2) is 10.9. The summed E-state index contributed by atoms with van der Waals surface area (Å²) in [5, 5.41) is 14.1. The SMILES string of the molecule is N#Cc1ccc(CN(Cc2cccs2)C2CCN(C(=O)C3CC3)[C@@H](C(=O)NCCN)C2)cc1. The van der Waals surface area contributed by atoms with Crippen LogP contribution in [-0.4, -0.2) is 53.3 Å². The van der Waals surface area contributed by atoms with E-state index in [1.54, 1.807) is 11.3 Å². The van der Waals surface area contributed by atoms with Gasteiger partial charge in [-0.15, -0.1) is 11.3 Å². The van der Waals surface area contributed by atoms with Crippen LogP contribution >= 0.6 is 11.3 Å². The third kappa shape index (κ3) is 5.99. The van der Waals surface area contributed by atoms with E-state index >= 15 is 0 Å². The van der Waals surface area contributed by atoms with Crippen LogP contribution in [0.2, 0.25) is 0 Å². The van der Waals surface area contributed by atoms with Crippen molar-refractivity contribution >= 4 is 23.2 Å². The van der Waals surface area contributed by atoms with Gasteiger partial charge in [-0.05, 0) is 54.8 Å². The lowest BCUT2D eigenvalue weighted by Crippen LogP contribution is -2.57. The van der Waals surface area contributed by atoms with Crippen LogP contribution in [0.25, 0.3) is 0 Å². The van der Waals surface area contributed by atoms with Crippen molar-refractivity contribution in [2.45, 2.75) is 50.9 Å². The zero-order valence-corrected chi connectivity index (χ0v) is 19.6. The van der Waals surface area contributed by atoms with E-state index in [0.29, 0.717) is 31.6 Å². The smallest absolute Gasteiger partial charge is 0.242 e. The Bertz CT molecular complexity index is 981. The first-order chi connectivity index (χ1) is 16.1. The molecule has 33 heavy (non-hydrogen) atoms. The van der Waals surface area contributed by atoms with Crippen molar-refractivity contribution in [2.75, 3.05) is 19.6 Å². The molecule has 1 aromatic carbocycles. The summed E-state index contributed by atoms with van der Waals surface area (Å²) in [4.78, 5) is 31.4. The Morgan fingerprint density at radius 3 is 2.61 bits per heavy atom. The summed E-state index contributed by atoms with van der Waals surface area (Å²) in [6.07, 6.45) is 3.30. The fraction of sp³-hybridized carbons (Fsp3) is 0.480. The van der Waals surface area contributed by atoms with Crippen LogP contribution in [0.3, 0.4) is 0 Å². The van der Waals surface area contributed by atoms with Gasteiger partial charge in [-0.25, -0.2) is 0 Å². The molecule has 0 radical (unpaired) electrons. The van der Waals surface area contributed by atoms with Gasteiger partial charge in [0.05, 0.1) is 11.6 Å². The maximum Gasteiger partial charge on any atom is 0.242 e. The molecule has 2 aliphatic rings. The molecule has 2 amide bonds. The number of piperidine rings is 1. The highest BCUT2D eigenvalue weighted by Gasteiger charge is 2.42. The zero-order chi connectivity index (χ0) is 23.2. The van der Waals surface area contributed by atoms with Crippen LogP contribution in [0.5, 0.6) is 0 Å². The molecule has 1 aliphatic carbocycles. The number of nitrogens with one attached hydrogen (secondary N) is 1. The molecule has 2 heterocycles. The van der Waals surface area contributed by atoms with Crippen molar-refractivity contribution in [2.24, 2.45) is 11.7 Å². The lowest BCUT2D eigenvalue weighted by molar-refractivity contribution is -0.144. The van der Waals surface area contributed by atoms with Gasteiger partial charge in [0.1, 0.15) is 6.04 Å². The average molecular weight is 466 g/mol. The molecule has 1 saturated heterocycles. The number of thiophene rings is 1. The van der Waals surface area contributed by atoms with Crippen molar-refractivity contribution < 1.29 is 9.59 Å². The van der Waals surface area contributed by atoms with Crippen molar-refractivity contribution in [3.05, 3.63) is 57.8 Å². The number of carbonyl (C=O) groups excluding carboxylic acids is 2. The van der Waals surface area contributed by atoms with Crippen molar-refractivity contribution in [3.63, 3.8) is 0 Å². The van der Waals surface area contributed by atoms with Gasteiger partial charge in [0.2, 0.25) is 11.8 Å². The number of amides is 2. The second-order valence-corrected chi connectivity index (χ2v) is 9.90. The highest BCUT2D eigenvalue weighted by molar-refractivity contribution is 7.09. The maximum atomic E-state index is 13.0. The fourth-order valence-corrected chi connectivity index (χ4v) is 5.23. The topological polar surface area (TPSA) is 102 Å². The first-order valence-electron chi connectivity index (χ1n) is 11.6. The molecule has 3 N–H and O–H groups in total. The van der Waals surface area contributed by atoms with Crippen molar-refractivity contribution in [3.8, 4) is 6.07 Å². The largest absolute Gasteiger partial charge is 0.353 e. The van der Waals surface area contributed by atoms with Crippen LogP contribution in [0.15, 0.2) is 41.8 Å². The fourth-order valence-electron chi connectivity index (χ4n) is 4.50. The van der Waals surface area contributed by atoms with Crippen LogP contribution in [-0.2, 0) is 22.7 Å². The summed E-state index contributed by atoms with van der Waals surface area (Å²) in [6.45, 7) is 2.89. The standard InChI is InChI=1S/C25H31N5O2S/c26-10-11-28-24(31)23-14-21(9-12-30(23)25(32)20-7-8-20)29(17-22-2-1-13-33-22)16-19-5-3-18(15-27)4-6-19/h1-6,13,20-21,23H,7-12,14,16-17,26H2,(H,28,31)/t21?,23-/m1/s1. The van der Waals surface area contributed by atoms with E-state index in [0.717, 1.165) is 37.9 Å². The Morgan fingerprint density at radius 2 is 1.97 bits per heavy atom. The molecule has 8 heteroatoms. The molecule has 1 unspecified atom stereocenters. The quantitative estimate of drug-likeness (QED) is 0.592. The minimum Gasteiger partial charge on any atom is -0.353 e. The molecule has 2 aromatic rings. The molecular formula is C25H31N5O2S. The summed E-state index contributed by atoms with van der Waals surface area (Å²) >= 11 is 1.73. The predicted octanol–water partition coefficient (Wildman–Crippen LogP) is 2.47. The third-order valence-corrected chi connectivity index (χ3v) is 7.32. The highest BCUT2D eigenvalue weighted by Crippen LogP contribution is 2.34. The Balaban J connectivity index is 1.53. The maximum absolute atomic E-state index is 13.0. The molecule has 1 aromatic heterocycles. The number of nitrogens with two attached hydrogens (primary N) is 1. The van der Waals surface area contributed by atoms with Gasteiger partial charge in [0.25, 0.3) is 0 Å². The van der Waals surface area contributed by atoms with Crippen LogP contribution in [0, 0.1) is 17.2 Å². The number of benzene rings is 1. The summed E-state index contributed by atoms with van der Waals surface area (Å²) in [5.74, 6) is 0.110. The molecular weight excluding hydrogens is 434 g/mol. The predicted molar refractivity (Wildman–Crippen MR) is 128 cm³/mol. The van der Waals surface area contributed by atoms with Gasteiger partial charge in [0, 0.05) is 49.6 Å².